The van der Waals surface area contributed by atoms with Crippen LogP contribution < -0.4 is 4.84 Å². The van der Waals surface area contributed by atoms with Gasteiger partial charge in [0.1, 0.15) is 22.0 Å². The molecule has 9 nitrogen and oxygen atoms in total. The Morgan fingerprint density at radius 1 is 1.00 bits per heavy atom. The Balaban J connectivity index is 3.28. The van der Waals surface area contributed by atoms with Gasteiger partial charge in [0.25, 0.3) is 5.91 Å². The minimum atomic E-state index is -1.18. The van der Waals surface area contributed by atoms with E-state index in [-0.39, 0.29) is 22.5 Å². The van der Waals surface area contributed by atoms with Crippen LogP contribution in [-0.4, -0.2) is 52.8 Å². The largest absolute Gasteiger partial charge is 0.443 e. The third-order valence-corrected chi connectivity index (χ3v) is 2.95. The molecule has 1 heterocycles. The minimum absolute atomic E-state index is 0.0451. The van der Waals surface area contributed by atoms with Gasteiger partial charge < -0.3 is 19.0 Å². The smallest absolute Gasteiger partial charge is 0.427 e. The van der Waals surface area contributed by atoms with Crippen LogP contribution in [0, 0.1) is 0 Å². The van der Waals surface area contributed by atoms with Crippen LogP contribution in [0.15, 0.2) is 12.1 Å². The van der Waals surface area contributed by atoms with Gasteiger partial charge in [0, 0.05) is 7.11 Å². The number of hydrogen-bond acceptors (Lipinski definition) is 7. The lowest BCUT2D eigenvalue weighted by molar-refractivity contribution is -0.0401. The summed E-state index contributed by atoms with van der Waals surface area (Å²) in [4.78, 5) is 43.4. The molecule has 152 valence electrons. The summed E-state index contributed by atoms with van der Waals surface area (Å²) >= 11 is 5.98. The number of nitrogens with zero attached hydrogens (tertiary/aromatic N) is 2. The quantitative estimate of drug-likeness (QED) is 0.708. The Morgan fingerprint density at radius 2 is 1.48 bits per heavy atom. The van der Waals surface area contributed by atoms with Gasteiger partial charge in [-0.15, -0.1) is 4.90 Å². The summed E-state index contributed by atoms with van der Waals surface area (Å²) in [6, 6.07) is 2.66. The first-order chi connectivity index (χ1) is 12.3. The molecule has 0 aliphatic rings. The van der Waals surface area contributed by atoms with Crippen molar-refractivity contribution < 1.29 is 33.4 Å². The van der Waals surface area contributed by atoms with Gasteiger partial charge in [-0.25, -0.2) is 9.59 Å². The van der Waals surface area contributed by atoms with Crippen molar-refractivity contribution in [3.8, 4) is 0 Å². The van der Waals surface area contributed by atoms with E-state index in [9.17, 15) is 14.4 Å². The second-order valence-corrected chi connectivity index (χ2v) is 7.86. The van der Waals surface area contributed by atoms with E-state index < -0.39 is 29.3 Å². The van der Waals surface area contributed by atoms with Crippen LogP contribution >= 0.6 is 11.6 Å². The van der Waals surface area contributed by atoms with E-state index in [4.69, 9.17) is 30.6 Å². The van der Waals surface area contributed by atoms with Crippen molar-refractivity contribution in [1.82, 2.24) is 9.63 Å². The zero-order valence-corrected chi connectivity index (χ0v) is 17.2. The van der Waals surface area contributed by atoms with Gasteiger partial charge in [-0.05, 0) is 53.7 Å². The number of imide groups is 3. The summed E-state index contributed by atoms with van der Waals surface area (Å²) in [7, 11) is 1.38. The van der Waals surface area contributed by atoms with Crippen molar-refractivity contribution in [2.24, 2.45) is 0 Å². The van der Waals surface area contributed by atoms with Gasteiger partial charge in [-0.1, -0.05) is 11.6 Å². The molecular formula is C17H25ClN2O7. The summed E-state index contributed by atoms with van der Waals surface area (Å²) in [5.41, 5.74) is -2.07. The van der Waals surface area contributed by atoms with Gasteiger partial charge in [0.05, 0.1) is 0 Å². The van der Waals surface area contributed by atoms with E-state index in [1.54, 1.807) is 41.5 Å². The Hall–Kier alpha value is -2.26. The molecule has 1 aromatic rings. The number of carbonyl (C=O) groups excluding carboxylic acids is 3. The number of halogens is 1. The van der Waals surface area contributed by atoms with Crippen molar-refractivity contribution in [3.63, 3.8) is 0 Å². The van der Waals surface area contributed by atoms with E-state index in [0.717, 1.165) is 4.73 Å². The monoisotopic (exact) mass is 404 g/mol. The number of methoxy groups -OCH3 is 1. The predicted molar refractivity (Wildman–Crippen MR) is 96.5 cm³/mol. The zero-order valence-electron chi connectivity index (χ0n) is 16.5. The topological polar surface area (TPSA) is 96.3 Å². The molecule has 0 aliphatic carbocycles. The Morgan fingerprint density at radius 3 is 1.89 bits per heavy atom. The van der Waals surface area contributed by atoms with Crippen molar-refractivity contribution in [2.45, 2.75) is 52.7 Å². The molecule has 0 aromatic carbocycles. The van der Waals surface area contributed by atoms with E-state index in [2.05, 4.69) is 0 Å². The number of hydrogen-bond donors (Lipinski definition) is 0. The average molecular weight is 405 g/mol. The molecule has 0 radical (unpaired) electrons. The van der Waals surface area contributed by atoms with E-state index >= 15 is 0 Å². The molecule has 3 amide bonds. The maximum absolute atomic E-state index is 12.9. The number of carbonyl (C=O) groups is 3. The summed E-state index contributed by atoms with van der Waals surface area (Å²) in [6.07, 6.45) is -2.37. The fourth-order valence-corrected chi connectivity index (χ4v) is 1.97. The molecular weight excluding hydrogens is 380 g/mol. The zero-order chi connectivity index (χ0) is 21.0. The fraction of sp³-hybridized carbons (Fsp3) is 0.588. The van der Waals surface area contributed by atoms with Gasteiger partial charge in [-0.3, -0.25) is 4.79 Å². The summed E-state index contributed by atoms with van der Waals surface area (Å²) in [6.45, 7) is 9.39. The van der Waals surface area contributed by atoms with Gasteiger partial charge >= 0.3 is 12.2 Å². The molecule has 0 bridgehead atoms. The molecule has 0 aliphatic heterocycles. The molecule has 27 heavy (non-hydrogen) atoms. The summed E-state index contributed by atoms with van der Waals surface area (Å²) in [5, 5.41) is 0.0451. The SMILES string of the molecule is COCOn1c(Cl)ccc1C(=O)N(C(=O)OC(C)(C)C)C(=O)OC(C)(C)C. The standard InChI is InChI=1S/C17H25ClN2O7/c1-16(2,3)26-14(22)19(15(23)27-17(4,5)6)13(21)11-8-9-12(18)20(11)25-10-24-7/h8-9H,10H2,1-7H3. The fourth-order valence-electron chi connectivity index (χ4n) is 1.76. The highest BCUT2D eigenvalue weighted by Gasteiger charge is 2.38. The summed E-state index contributed by atoms with van der Waals surface area (Å²) in [5.74, 6) is -1.03. The van der Waals surface area contributed by atoms with Crippen LogP contribution in [0.1, 0.15) is 52.0 Å². The van der Waals surface area contributed by atoms with Gasteiger partial charge in [-0.2, -0.15) is 4.73 Å². The first kappa shape index (κ1) is 22.8. The van der Waals surface area contributed by atoms with Gasteiger partial charge in [0.2, 0.25) is 6.79 Å². The molecule has 0 atom stereocenters. The molecule has 0 saturated carbocycles. The third-order valence-electron chi connectivity index (χ3n) is 2.67. The normalized spacial score (nSPS) is 11.7. The molecule has 0 N–H and O–H groups in total. The molecule has 0 spiro atoms. The second-order valence-electron chi connectivity index (χ2n) is 7.47. The number of amides is 3. The first-order valence-electron chi connectivity index (χ1n) is 8.06. The van der Waals surface area contributed by atoms with Crippen molar-refractivity contribution in [1.29, 1.82) is 0 Å². The van der Waals surface area contributed by atoms with E-state index in [0.29, 0.717) is 0 Å². The Labute approximate surface area is 163 Å². The Kier molecular flexibility index (Phi) is 7.27. The maximum atomic E-state index is 12.9. The number of rotatable bonds is 4. The highest BCUT2D eigenvalue weighted by Crippen LogP contribution is 2.20. The van der Waals surface area contributed by atoms with Crippen LogP contribution in [0.5, 0.6) is 0 Å². The molecule has 0 fully saturated rings. The van der Waals surface area contributed by atoms with E-state index in [1.807, 2.05) is 0 Å². The number of aromatic nitrogens is 1. The van der Waals surface area contributed by atoms with Crippen molar-refractivity contribution >= 4 is 29.7 Å². The van der Waals surface area contributed by atoms with Crippen LogP contribution in [0.2, 0.25) is 5.15 Å². The molecule has 0 saturated heterocycles. The van der Waals surface area contributed by atoms with Crippen LogP contribution in [-0.2, 0) is 14.2 Å². The number of ether oxygens (including phenoxy) is 3. The highest BCUT2D eigenvalue weighted by molar-refractivity contribution is 6.30. The molecule has 1 aromatic heterocycles. The van der Waals surface area contributed by atoms with Crippen LogP contribution in [0.25, 0.3) is 0 Å². The van der Waals surface area contributed by atoms with Crippen LogP contribution in [0.3, 0.4) is 0 Å². The average Bonchev–Trinajstić information content (AvgIpc) is 2.82. The second kappa shape index (κ2) is 8.62. The molecule has 10 heteroatoms. The first-order valence-corrected chi connectivity index (χ1v) is 8.44. The maximum Gasteiger partial charge on any atom is 0.427 e. The van der Waals surface area contributed by atoms with Crippen molar-refractivity contribution in [3.05, 3.63) is 23.0 Å². The molecule has 0 unspecified atom stereocenters. The van der Waals surface area contributed by atoms with E-state index in [1.165, 1.54) is 19.2 Å². The lowest BCUT2D eigenvalue weighted by Crippen LogP contribution is -2.47. The Bertz CT molecular complexity index is 673. The highest BCUT2D eigenvalue weighted by atomic mass is 35.5. The molecule has 1 rings (SSSR count). The van der Waals surface area contributed by atoms with Crippen LogP contribution in [0.4, 0.5) is 9.59 Å². The predicted octanol–water partition coefficient (Wildman–Crippen LogP) is 3.49. The lowest BCUT2D eigenvalue weighted by Gasteiger charge is -2.27. The third kappa shape index (κ3) is 6.76. The van der Waals surface area contributed by atoms with Crippen molar-refractivity contribution in [2.75, 3.05) is 13.9 Å². The minimum Gasteiger partial charge on any atom is -0.443 e. The lowest BCUT2D eigenvalue weighted by atomic mass is 10.2. The van der Waals surface area contributed by atoms with Gasteiger partial charge in [0.15, 0.2) is 0 Å². The summed E-state index contributed by atoms with van der Waals surface area (Å²) < 4.78 is 16.0.